The summed E-state index contributed by atoms with van der Waals surface area (Å²) in [6.45, 7) is 3.82. The molecule has 0 aliphatic rings. The van der Waals surface area contributed by atoms with Gasteiger partial charge in [-0.25, -0.2) is 9.78 Å². The molecule has 1 heterocycles. The van der Waals surface area contributed by atoms with Crippen LogP contribution in [0.1, 0.15) is 38.4 Å². The molecule has 18 heteroatoms. The highest BCUT2D eigenvalue weighted by molar-refractivity contribution is 5.96. The number of aromatic nitrogens is 2. The van der Waals surface area contributed by atoms with Crippen LogP contribution in [-0.2, 0) is 46.4 Å². The van der Waals surface area contributed by atoms with Crippen molar-refractivity contribution < 1.29 is 43.8 Å². The second kappa shape index (κ2) is 18.0. The van der Waals surface area contributed by atoms with E-state index < -0.39 is 90.2 Å². The summed E-state index contributed by atoms with van der Waals surface area (Å²) in [4.78, 5) is 93.8. The number of aromatic amines is 1. The summed E-state index contributed by atoms with van der Waals surface area (Å²) in [7, 11) is 0. The maximum Gasteiger partial charge on any atom is 0.326 e. The number of rotatable bonds is 18. The van der Waals surface area contributed by atoms with E-state index in [1.54, 1.807) is 30.3 Å². The lowest BCUT2D eigenvalue weighted by Gasteiger charge is -2.25. The van der Waals surface area contributed by atoms with E-state index >= 15 is 0 Å². The van der Waals surface area contributed by atoms with Crippen molar-refractivity contribution in [3.63, 3.8) is 0 Å². The number of aliphatic carboxylic acids is 1. The maximum atomic E-state index is 13.3. The summed E-state index contributed by atoms with van der Waals surface area (Å²) in [6, 6.07) is 0.645. The van der Waals surface area contributed by atoms with Crippen LogP contribution in [0.2, 0.25) is 0 Å². The maximum absolute atomic E-state index is 13.3. The Morgan fingerprint density at radius 3 is 1.89 bits per heavy atom. The third kappa shape index (κ3) is 12.5. The first kappa shape index (κ1) is 37.8. The number of carboxylic acid groups (broad SMARTS) is 1. The summed E-state index contributed by atoms with van der Waals surface area (Å²) in [5.74, 6) is -6.45. The molecule has 1 aromatic heterocycles. The van der Waals surface area contributed by atoms with Gasteiger partial charge in [-0.2, -0.15) is 0 Å². The molecule has 0 fully saturated rings. The molecule has 2 rings (SSSR count). The summed E-state index contributed by atoms with van der Waals surface area (Å²) < 4.78 is 0. The predicted octanol–water partition coefficient (Wildman–Crippen LogP) is -3.67. The number of aliphatic hydroxyl groups excluding tert-OH is 1. The van der Waals surface area contributed by atoms with Gasteiger partial charge in [-0.05, 0) is 26.3 Å². The molecule has 0 saturated heterocycles. The molecular weight excluding hydrogens is 618 g/mol. The number of hydrogen-bond acceptors (Lipinski definition) is 10. The molecule has 0 bridgehead atoms. The molecule has 12 N–H and O–H groups in total. The highest BCUT2D eigenvalue weighted by Crippen LogP contribution is 2.06. The van der Waals surface area contributed by atoms with Crippen LogP contribution in [0.25, 0.3) is 0 Å². The monoisotopic (exact) mass is 659 g/mol. The number of imidazole rings is 1. The zero-order valence-electron chi connectivity index (χ0n) is 26.1. The minimum absolute atomic E-state index is 0.00413. The lowest BCUT2D eigenvalue weighted by Crippen LogP contribution is -2.60. The highest BCUT2D eigenvalue weighted by Gasteiger charge is 2.32. The van der Waals surface area contributed by atoms with E-state index in [0.717, 1.165) is 0 Å². The summed E-state index contributed by atoms with van der Waals surface area (Å²) in [5, 5.41) is 31.6. The van der Waals surface area contributed by atoms with E-state index in [2.05, 4.69) is 36.6 Å². The largest absolute Gasteiger partial charge is 0.480 e. The van der Waals surface area contributed by atoms with Crippen molar-refractivity contribution in [1.29, 1.82) is 0 Å². The number of nitrogens with zero attached hydrogens (tertiary/aromatic N) is 1. The van der Waals surface area contributed by atoms with E-state index in [0.29, 0.717) is 11.3 Å². The van der Waals surface area contributed by atoms with Gasteiger partial charge in [-0.1, -0.05) is 30.3 Å². The lowest BCUT2D eigenvalue weighted by atomic mass is 10.0. The molecule has 0 aliphatic heterocycles. The summed E-state index contributed by atoms with van der Waals surface area (Å²) in [5.41, 5.74) is 11.7. The van der Waals surface area contributed by atoms with Crippen LogP contribution in [0.3, 0.4) is 0 Å². The molecule has 0 saturated carbocycles. The molecular formula is C29H41N9O9. The Labute approximate surface area is 269 Å². The van der Waals surface area contributed by atoms with Crippen LogP contribution in [0.15, 0.2) is 42.9 Å². The molecule has 1 aromatic carbocycles. The molecule has 0 radical (unpaired) electrons. The smallest absolute Gasteiger partial charge is 0.326 e. The number of nitrogens with one attached hydrogen (secondary N) is 6. The molecule has 0 spiro atoms. The number of benzene rings is 1. The van der Waals surface area contributed by atoms with Gasteiger partial charge in [0, 0.05) is 19.0 Å². The van der Waals surface area contributed by atoms with Crippen molar-refractivity contribution in [2.24, 2.45) is 11.5 Å². The molecule has 256 valence electrons. The van der Waals surface area contributed by atoms with Crippen molar-refractivity contribution in [3.8, 4) is 0 Å². The standard InChI is InChI=1S/C29H41N9O9/c1-14(35-28(45)23(16(3)39)38-26(43)19(30)11-22(31)40)24(41)34-15(2)25(42)36-20(9-17-7-5-4-6-8-17)27(44)37-21(29(46)47)10-18-12-32-13-33-18/h4-8,12-16,19-21,23,39H,9-11,30H2,1-3H3,(H2,31,40)(H,32,33)(H,34,41)(H,35,45)(H,36,42)(H,37,44)(H,38,43)(H,46,47)/t14-,15-,16+,19-,20-,21-,23-/m0/s1. The van der Waals surface area contributed by atoms with Gasteiger partial charge < -0.3 is 53.2 Å². The van der Waals surface area contributed by atoms with Crippen LogP contribution >= 0.6 is 0 Å². The minimum Gasteiger partial charge on any atom is -0.480 e. The SMILES string of the molecule is C[C@H](NC(=O)[C@H](C)NC(=O)[C@@H](NC(=O)[C@@H](N)CC(N)=O)[C@@H](C)O)C(=O)N[C@@H](Cc1ccccc1)C(=O)N[C@@H](Cc1c[nH]cn1)C(=O)O. The Kier molecular flexibility index (Phi) is 14.4. The number of aliphatic hydroxyl groups is 1. The number of hydrogen-bond donors (Lipinski definition) is 10. The van der Waals surface area contributed by atoms with Crippen LogP contribution in [0.5, 0.6) is 0 Å². The van der Waals surface area contributed by atoms with Crippen molar-refractivity contribution in [3.05, 3.63) is 54.1 Å². The van der Waals surface area contributed by atoms with E-state index in [9.17, 15) is 43.8 Å². The van der Waals surface area contributed by atoms with Crippen LogP contribution < -0.4 is 38.1 Å². The number of amides is 6. The highest BCUT2D eigenvalue weighted by atomic mass is 16.4. The molecule has 7 atom stereocenters. The van der Waals surface area contributed by atoms with E-state index in [-0.39, 0.29) is 12.8 Å². The summed E-state index contributed by atoms with van der Waals surface area (Å²) in [6.07, 6.45) is 0.805. The van der Waals surface area contributed by atoms with Gasteiger partial charge in [-0.3, -0.25) is 28.8 Å². The van der Waals surface area contributed by atoms with Gasteiger partial charge in [0.25, 0.3) is 0 Å². The van der Waals surface area contributed by atoms with Crippen molar-refractivity contribution in [2.75, 3.05) is 0 Å². The molecule has 0 aliphatic carbocycles. The van der Waals surface area contributed by atoms with Crippen molar-refractivity contribution in [2.45, 2.75) is 82.4 Å². The Morgan fingerprint density at radius 2 is 1.36 bits per heavy atom. The zero-order chi connectivity index (χ0) is 35.3. The Hall–Kier alpha value is -5.36. The Morgan fingerprint density at radius 1 is 0.787 bits per heavy atom. The van der Waals surface area contributed by atoms with Crippen LogP contribution in [-0.4, -0.2) is 104 Å². The Bertz CT molecular complexity index is 1400. The number of carbonyl (C=O) groups excluding carboxylic acids is 6. The van der Waals surface area contributed by atoms with Crippen molar-refractivity contribution >= 4 is 41.4 Å². The number of nitrogens with two attached hydrogens (primary N) is 2. The van der Waals surface area contributed by atoms with Gasteiger partial charge in [0.05, 0.1) is 30.6 Å². The van der Waals surface area contributed by atoms with Crippen LogP contribution in [0.4, 0.5) is 0 Å². The fourth-order valence-corrected chi connectivity index (χ4v) is 4.19. The van der Waals surface area contributed by atoms with Gasteiger partial charge in [0.15, 0.2) is 0 Å². The van der Waals surface area contributed by atoms with Gasteiger partial charge >= 0.3 is 5.97 Å². The molecule has 18 nitrogen and oxygen atoms in total. The first-order valence-electron chi connectivity index (χ1n) is 14.6. The van der Waals surface area contributed by atoms with Crippen molar-refractivity contribution in [1.82, 2.24) is 36.6 Å². The lowest BCUT2D eigenvalue weighted by molar-refractivity contribution is -0.142. The number of H-pyrrole nitrogens is 1. The van der Waals surface area contributed by atoms with Gasteiger partial charge in [-0.15, -0.1) is 0 Å². The normalized spacial score (nSPS) is 15.3. The zero-order valence-corrected chi connectivity index (χ0v) is 26.1. The van der Waals surface area contributed by atoms with E-state index in [1.165, 1.54) is 33.3 Å². The third-order valence-electron chi connectivity index (χ3n) is 6.82. The fraction of sp³-hybridized carbons (Fsp3) is 0.448. The van der Waals surface area contributed by atoms with Crippen LogP contribution in [0, 0.1) is 0 Å². The Balaban J connectivity index is 2.06. The van der Waals surface area contributed by atoms with E-state index in [1.807, 2.05) is 0 Å². The van der Waals surface area contributed by atoms with Gasteiger partial charge in [0.1, 0.15) is 30.2 Å². The summed E-state index contributed by atoms with van der Waals surface area (Å²) >= 11 is 0. The van der Waals surface area contributed by atoms with Gasteiger partial charge in [0.2, 0.25) is 35.4 Å². The quantitative estimate of drug-likeness (QED) is 0.0743. The number of primary amides is 1. The molecule has 6 amide bonds. The first-order valence-corrected chi connectivity index (χ1v) is 14.6. The molecule has 2 aromatic rings. The topological polar surface area (TPSA) is 301 Å². The average molecular weight is 660 g/mol. The first-order chi connectivity index (χ1) is 22.1. The van der Waals surface area contributed by atoms with E-state index in [4.69, 9.17) is 11.5 Å². The second-order valence-electron chi connectivity index (χ2n) is 10.9. The predicted molar refractivity (Wildman–Crippen MR) is 165 cm³/mol. The number of carboxylic acids is 1. The second-order valence-corrected chi connectivity index (χ2v) is 10.9. The fourth-order valence-electron chi connectivity index (χ4n) is 4.19. The molecule has 47 heavy (non-hydrogen) atoms. The average Bonchev–Trinajstić information content (AvgIpc) is 3.51. The number of carbonyl (C=O) groups is 7. The molecule has 0 unspecified atom stereocenters. The minimum atomic E-state index is -1.54. The third-order valence-corrected chi connectivity index (χ3v) is 6.82.